The lowest BCUT2D eigenvalue weighted by molar-refractivity contribution is 0.0931. The Kier molecular flexibility index (Phi) is 10.0. The van der Waals surface area contributed by atoms with Crippen molar-refractivity contribution in [2.75, 3.05) is 5.73 Å². The van der Waals surface area contributed by atoms with Crippen molar-refractivity contribution in [1.29, 1.82) is 0 Å². The van der Waals surface area contributed by atoms with Gasteiger partial charge in [0.15, 0.2) is 0 Å². The monoisotopic (exact) mass is 487 g/mol. The highest BCUT2D eigenvalue weighted by molar-refractivity contribution is 6.30. The van der Waals surface area contributed by atoms with Gasteiger partial charge in [0.1, 0.15) is 12.4 Å². The smallest absolute Gasteiger partial charge is 0.251 e. The van der Waals surface area contributed by atoms with Gasteiger partial charge in [-0.1, -0.05) is 43.6 Å². The normalized spacial score (nSPS) is 14.1. The van der Waals surface area contributed by atoms with Crippen molar-refractivity contribution >= 4 is 35.6 Å². The van der Waals surface area contributed by atoms with Crippen LogP contribution in [0.15, 0.2) is 54.6 Å². The molecule has 1 aromatic heterocycles. The first-order valence-electron chi connectivity index (χ1n) is 11.0. The third kappa shape index (κ3) is 6.86. The Hall–Kier alpha value is -2.76. The number of anilines is 1. The van der Waals surface area contributed by atoms with Crippen molar-refractivity contribution in [3.8, 4) is 5.75 Å². The highest BCUT2D eigenvalue weighted by Gasteiger charge is 2.24. The Morgan fingerprint density at radius 3 is 2.61 bits per heavy atom. The molecule has 5 nitrogen and oxygen atoms in total. The number of halogens is 2. The number of carbonyl (C=O) groups is 1. The van der Waals surface area contributed by atoms with Gasteiger partial charge in [0, 0.05) is 39.3 Å². The van der Waals surface area contributed by atoms with Crippen LogP contribution in [0.5, 0.6) is 5.75 Å². The molecule has 3 N–H and O–H groups in total. The van der Waals surface area contributed by atoms with Crippen LogP contribution in [0.25, 0.3) is 0 Å². The molecule has 7 heteroatoms. The van der Waals surface area contributed by atoms with Crippen LogP contribution in [0.1, 0.15) is 53.1 Å². The summed E-state index contributed by atoms with van der Waals surface area (Å²) < 4.78 is 5.84. The first kappa shape index (κ1) is 26.5. The molecule has 0 spiro atoms. The lowest BCUT2D eigenvalue weighted by atomic mass is 9.90. The zero-order valence-electron chi connectivity index (χ0n) is 19.2. The minimum Gasteiger partial charge on any atom is -0.489 e. The number of aromatic nitrogens is 1. The molecule has 0 saturated heterocycles. The van der Waals surface area contributed by atoms with Crippen LogP contribution in [0.3, 0.4) is 0 Å². The zero-order chi connectivity index (χ0) is 23.1. The molecule has 1 aliphatic rings. The van der Waals surface area contributed by atoms with E-state index in [4.69, 9.17) is 22.1 Å². The fourth-order valence-electron chi connectivity index (χ4n) is 3.84. The number of carbonyl (C=O) groups excluding carboxylic acids is 1. The van der Waals surface area contributed by atoms with Crippen molar-refractivity contribution in [2.45, 2.75) is 52.7 Å². The Balaban J connectivity index is 0.00000125. The summed E-state index contributed by atoms with van der Waals surface area (Å²) in [5.74, 6) is 0.606. The van der Waals surface area contributed by atoms with Crippen LogP contribution >= 0.6 is 24.0 Å². The van der Waals surface area contributed by atoms with E-state index in [-0.39, 0.29) is 24.4 Å². The first-order chi connectivity index (χ1) is 15.5. The summed E-state index contributed by atoms with van der Waals surface area (Å²) in [6, 6.07) is 16.6. The maximum Gasteiger partial charge on any atom is 0.251 e. The molecule has 0 bridgehead atoms. The number of nitrogens with one attached hydrogen (secondary N) is 1. The van der Waals surface area contributed by atoms with E-state index in [1.807, 2.05) is 63.2 Å². The van der Waals surface area contributed by atoms with Crippen LogP contribution < -0.4 is 15.8 Å². The number of ether oxygens (including phenoxy) is 1. The van der Waals surface area contributed by atoms with Crippen molar-refractivity contribution in [1.82, 2.24) is 10.3 Å². The quantitative estimate of drug-likeness (QED) is 0.466. The molecule has 1 unspecified atom stereocenters. The maximum absolute atomic E-state index is 13.0. The lowest BCUT2D eigenvalue weighted by Crippen LogP contribution is -2.39. The van der Waals surface area contributed by atoms with Gasteiger partial charge in [-0.05, 0) is 68.1 Å². The summed E-state index contributed by atoms with van der Waals surface area (Å²) in [5.41, 5.74) is 11.4. The number of fused-ring (bicyclic) bond motifs is 1. The van der Waals surface area contributed by atoms with Gasteiger partial charge in [-0.2, -0.15) is 0 Å². The van der Waals surface area contributed by atoms with E-state index in [0.29, 0.717) is 29.4 Å². The summed E-state index contributed by atoms with van der Waals surface area (Å²) in [6.07, 6.45) is 2.36. The van der Waals surface area contributed by atoms with Gasteiger partial charge in [-0.15, -0.1) is 12.4 Å². The summed E-state index contributed by atoms with van der Waals surface area (Å²) in [6.45, 7) is 6.25. The second-order valence-corrected chi connectivity index (χ2v) is 8.03. The lowest BCUT2D eigenvalue weighted by Gasteiger charge is -2.26. The molecule has 0 saturated carbocycles. The third-order valence-corrected chi connectivity index (χ3v) is 5.61. The van der Waals surface area contributed by atoms with Gasteiger partial charge in [-0.3, -0.25) is 9.78 Å². The van der Waals surface area contributed by atoms with Crippen LogP contribution in [0.4, 0.5) is 5.69 Å². The SMILES string of the molecule is CC.Cc1cc(N)c2c(n1)CCC(NC(=O)c1ccccc1COc1ccc(Cl)cc1)C2.Cl. The van der Waals surface area contributed by atoms with E-state index < -0.39 is 0 Å². The molecule has 1 aliphatic carbocycles. The number of nitrogen functional groups attached to an aromatic ring is 1. The standard InChI is InChI=1S/C24H24ClN3O2.C2H6.ClH/c1-15-12-22(26)21-13-18(8-11-23(21)27-15)28-24(29)20-5-3-2-4-16(20)14-30-19-9-6-17(25)7-10-19;1-2;/h2-7,9-10,12,18H,8,11,13-14H2,1H3,(H2,26,27)(H,28,29);1-2H3;1H. The largest absolute Gasteiger partial charge is 0.489 e. The third-order valence-electron chi connectivity index (χ3n) is 5.36. The number of aryl methyl sites for hydroxylation is 2. The Morgan fingerprint density at radius 2 is 1.88 bits per heavy atom. The van der Waals surface area contributed by atoms with E-state index in [0.717, 1.165) is 41.0 Å². The minimum atomic E-state index is -0.0996. The molecule has 0 fully saturated rings. The fraction of sp³-hybridized carbons (Fsp3) is 0.308. The highest BCUT2D eigenvalue weighted by atomic mass is 35.5. The van der Waals surface area contributed by atoms with E-state index in [2.05, 4.69) is 10.3 Å². The molecule has 1 heterocycles. The van der Waals surface area contributed by atoms with Crippen LogP contribution in [-0.2, 0) is 19.4 Å². The number of nitrogens with zero attached hydrogens (tertiary/aromatic N) is 1. The molecule has 1 atom stereocenters. The van der Waals surface area contributed by atoms with Crippen molar-refractivity contribution in [3.05, 3.63) is 87.7 Å². The Bertz CT molecular complexity index is 1070. The van der Waals surface area contributed by atoms with Crippen LogP contribution in [-0.4, -0.2) is 16.9 Å². The molecule has 33 heavy (non-hydrogen) atoms. The average Bonchev–Trinajstić information content (AvgIpc) is 2.80. The predicted octanol–water partition coefficient (Wildman–Crippen LogP) is 5.94. The fourth-order valence-corrected chi connectivity index (χ4v) is 3.97. The number of pyridine rings is 1. The van der Waals surface area contributed by atoms with Crippen LogP contribution in [0, 0.1) is 6.92 Å². The summed E-state index contributed by atoms with van der Waals surface area (Å²) >= 11 is 5.92. The van der Waals surface area contributed by atoms with Crippen molar-refractivity contribution in [3.63, 3.8) is 0 Å². The second kappa shape index (κ2) is 12.5. The van der Waals surface area contributed by atoms with Gasteiger partial charge in [0.25, 0.3) is 5.91 Å². The molecular weight excluding hydrogens is 457 g/mol. The first-order valence-corrected chi connectivity index (χ1v) is 11.4. The van der Waals surface area contributed by atoms with E-state index in [1.54, 1.807) is 12.1 Å². The molecule has 0 radical (unpaired) electrons. The zero-order valence-corrected chi connectivity index (χ0v) is 20.8. The number of hydrogen-bond acceptors (Lipinski definition) is 4. The summed E-state index contributed by atoms with van der Waals surface area (Å²) in [4.78, 5) is 17.6. The van der Waals surface area contributed by atoms with Crippen LogP contribution in [0.2, 0.25) is 5.02 Å². The highest BCUT2D eigenvalue weighted by Crippen LogP contribution is 2.26. The molecule has 2 aromatic carbocycles. The Morgan fingerprint density at radius 1 is 1.18 bits per heavy atom. The minimum absolute atomic E-state index is 0. The van der Waals surface area contributed by atoms with Gasteiger partial charge < -0.3 is 15.8 Å². The van der Waals surface area contributed by atoms with Gasteiger partial charge in [0.2, 0.25) is 0 Å². The van der Waals surface area contributed by atoms with E-state index >= 15 is 0 Å². The predicted molar refractivity (Wildman–Crippen MR) is 137 cm³/mol. The van der Waals surface area contributed by atoms with Gasteiger partial charge in [0.05, 0.1) is 0 Å². The molecule has 1 amide bonds. The number of benzene rings is 2. The number of nitrogens with two attached hydrogens (primary N) is 1. The average molecular weight is 488 g/mol. The number of amides is 1. The molecule has 3 aromatic rings. The summed E-state index contributed by atoms with van der Waals surface area (Å²) in [5, 5.41) is 3.82. The van der Waals surface area contributed by atoms with Gasteiger partial charge >= 0.3 is 0 Å². The van der Waals surface area contributed by atoms with Crippen molar-refractivity contribution in [2.24, 2.45) is 0 Å². The molecular formula is C26H31Cl2N3O2. The molecule has 4 rings (SSSR count). The second-order valence-electron chi connectivity index (χ2n) is 7.59. The van der Waals surface area contributed by atoms with Gasteiger partial charge in [-0.25, -0.2) is 0 Å². The summed E-state index contributed by atoms with van der Waals surface area (Å²) in [7, 11) is 0. The van der Waals surface area contributed by atoms with E-state index in [1.165, 1.54) is 0 Å². The maximum atomic E-state index is 13.0. The van der Waals surface area contributed by atoms with Crippen molar-refractivity contribution < 1.29 is 9.53 Å². The number of rotatable bonds is 5. The topological polar surface area (TPSA) is 77.2 Å². The molecule has 176 valence electrons. The molecule has 0 aliphatic heterocycles. The number of hydrogen-bond donors (Lipinski definition) is 2. The van der Waals surface area contributed by atoms with E-state index in [9.17, 15) is 4.79 Å². The Labute approximate surface area is 207 Å².